The van der Waals surface area contributed by atoms with Crippen LogP contribution in [0, 0.1) is 0 Å². The Kier molecular flexibility index (Phi) is 8.60. The molecule has 0 fully saturated rings. The van der Waals surface area contributed by atoms with Crippen molar-refractivity contribution in [1.29, 1.82) is 0 Å². The molecule has 10 heteroatoms. The number of methoxy groups -OCH3 is 1. The molecule has 1 N–H and O–H groups in total. The zero-order valence-corrected chi connectivity index (χ0v) is 21.7. The van der Waals surface area contributed by atoms with E-state index in [1.54, 1.807) is 54.7 Å². The van der Waals surface area contributed by atoms with Crippen LogP contribution in [0.15, 0.2) is 71.7 Å². The highest BCUT2D eigenvalue weighted by Crippen LogP contribution is 2.34. The fraction of sp³-hybridized carbons (Fsp3) is 0.214. The molecule has 0 spiro atoms. The van der Waals surface area contributed by atoms with Gasteiger partial charge in [-0.15, -0.1) is 0 Å². The Hall–Kier alpha value is -4.37. The highest BCUT2D eigenvalue weighted by molar-refractivity contribution is 6.30. The van der Waals surface area contributed by atoms with Crippen molar-refractivity contribution in [1.82, 2.24) is 9.55 Å². The van der Waals surface area contributed by atoms with Gasteiger partial charge in [-0.05, 0) is 55.0 Å². The summed E-state index contributed by atoms with van der Waals surface area (Å²) in [6.07, 6.45) is 1.32. The van der Waals surface area contributed by atoms with E-state index < -0.39 is 17.6 Å². The van der Waals surface area contributed by atoms with Crippen LogP contribution < -0.4 is 15.6 Å². The molecule has 4 aromatic rings. The summed E-state index contributed by atoms with van der Waals surface area (Å²) in [4.78, 5) is 42.0. The number of nitrogens with one attached hydrogen (secondary N) is 1. The van der Waals surface area contributed by atoms with Crippen LogP contribution >= 0.6 is 11.6 Å². The number of ether oxygens (including phenoxy) is 3. The molecule has 9 nitrogen and oxygen atoms in total. The second-order valence-corrected chi connectivity index (χ2v) is 8.60. The molecule has 0 saturated heterocycles. The molecule has 0 unspecified atom stereocenters. The monoisotopic (exact) mass is 535 g/mol. The van der Waals surface area contributed by atoms with E-state index in [1.807, 2.05) is 19.1 Å². The lowest BCUT2D eigenvalue weighted by Gasteiger charge is -2.17. The lowest BCUT2D eigenvalue weighted by atomic mass is 10.00. The summed E-state index contributed by atoms with van der Waals surface area (Å²) in [5, 5.41) is 3.73. The zero-order valence-electron chi connectivity index (χ0n) is 20.9. The van der Waals surface area contributed by atoms with Crippen LogP contribution in [0.5, 0.6) is 5.75 Å². The summed E-state index contributed by atoms with van der Waals surface area (Å²) in [5.74, 6) is 0.0897. The maximum atomic E-state index is 13.3. The summed E-state index contributed by atoms with van der Waals surface area (Å²) in [5.41, 5.74) is 1.73. The molecule has 0 aliphatic heterocycles. The predicted octanol–water partition coefficient (Wildman–Crippen LogP) is 5.54. The van der Waals surface area contributed by atoms with Gasteiger partial charge in [0.05, 0.1) is 25.9 Å². The summed E-state index contributed by atoms with van der Waals surface area (Å²) in [6, 6.07) is 17.3. The quantitative estimate of drug-likeness (QED) is 0.221. The normalized spacial score (nSPS) is 10.7. The third kappa shape index (κ3) is 5.95. The van der Waals surface area contributed by atoms with E-state index in [0.29, 0.717) is 58.1 Å². The molecule has 2 aromatic heterocycles. The lowest BCUT2D eigenvalue weighted by molar-refractivity contribution is 0.0486. The van der Waals surface area contributed by atoms with Crippen LogP contribution in [-0.2, 0) is 16.0 Å². The zero-order chi connectivity index (χ0) is 27.1. The molecule has 1 amide bonds. The number of aryl methyl sites for hydroxylation is 1. The largest absolute Gasteiger partial charge is 0.493 e. The number of pyridine rings is 2. The van der Waals surface area contributed by atoms with E-state index in [1.165, 1.54) is 11.7 Å². The lowest BCUT2D eigenvalue weighted by Crippen LogP contribution is -2.27. The minimum Gasteiger partial charge on any atom is -0.493 e. The van der Waals surface area contributed by atoms with Crippen molar-refractivity contribution in [2.24, 2.45) is 0 Å². The molecule has 0 saturated carbocycles. The first-order valence-corrected chi connectivity index (χ1v) is 12.3. The second-order valence-electron chi connectivity index (χ2n) is 8.17. The van der Waals surface area contributed by atoms with Crippen LogP contribution in [-0.4, -0.2) is 41.9 Å². The Balaban J connectivity index is 1.54. The van der Waals surface area contributed by atoms with E-state index in [2.05, 4.69) is 10.3 Å². The van der Waals surface area contributed by atoms with E-state index >= 15 is 0 Å². The summed E-state index contributed by atoms with van der Waals surface area (Å²) < 4.78 is 17.4. The fourth-order valence-corrected chi connectivity index (χ4v) is 4.19. The first-order valence-electron chi connectivity index (χ1n) is 11.9. The van der Waals surface area contributed by atoms with Crippen LogP contribution in [0.3, 0.4) is 0 Å². The molecule has 2 aromatic carbocycles. The first-order chi connectivity index (χ1) is 18.4. The Morgan fingerprint density at radius 2 is 1.87 bits per heavy atom. The number of rotatable bonds is 9. The van der Waals surface area contributed by atoms with Crippen molar-refractivity contribution >= 4 is 40.4 Å². The van der Waals surface area contributed by atoms with Gasteiger partial charge in [-0.2, -0.15) is 0 Å². The molecule has 0 aliphatic carbocycles. The molecule has 0 radical (unpaired) electrons. The number of carbonyl (C=O) groups excluding carboxylic acids is 2. The number of halogens is 1. The van der Waals surface area contributed by atoms with Gasteiger partial charge in [0, 0.05) is 35.1 Å². The number of anilines is 1. The molecule has 0 aliphatic rings. The van der Waals surface area contributed by atoms with Crippen molar-refractivity contribution in [2.75, 3.05) is 25.6 Å². The molecular formula is C28H26ClN3O6. The molecule has 0 atom stereocenters. The van der Waals surface area contributed by atoms with Crippen molar-refractivity contribution in [3.63, 3.8) is 0 Å². The summed E-state index contributed by atoms with van der Waals surface area (Å²) >= 11 is 5.92. The number of hydrogen-bond acceptors (Lipinski definition) is 7. The average Bonchev–Trinajstić information content (AvgIpc) is 2.93. The maximum absolute atomic E-state index is 13.3. The minimum atomic E-state index is -0.756. The molecule has 2 heterocycles. The smallest absolute Gasteiger partial charge is 0.411 e. The molecule has 38 heavy (non-hydrogen) atoms. The molecule has 196 valence electrons. The fourth-order valence-electron chi connectivity index (χ4n) is 4.00. The van der Waals surface area contributed by atoms with Crippen LogP contribution in [0.2, 0.25) is 5.02 Å². The Bertz CT molecular complexity index is 1540. The van der Waals surface area contributed by atoms with Gasteiger partial charge >= 0.3 is 12.1 Å². The standard InChI is InChI=1S/C28H26ClN3O6/c1-3-32-25-22(12-6-13-30-25)23(24(26(32)33)31-28(35)36-2)18-8-5-11-21(17-18)37-14-7-15-38-27(34)19-9-4-10-20(29)16-19/h4-6,8-13,16-17H,3,7,14-15H2,1-2H3,(H,31,35). The number of amides is 1. The van der Waals surface area contributed by atoms with Crippen molar-refractivity contribution in [3.05, 3.63) is 87.8 Å². The van der Waals surface area contributed by atoms with Crippen molar-refractivity contribution in [2.45, 2.75) is 19.9 Å². The highest BCUT2D eigenvalue weighted by atomic mass is 35.5. The second kappa shape index (κ2) is 12.2. The summed E-state index contributed by atoms with van der Waals surface area (Å²) in [7, 11) is 1.23. The first kappa shape index (κ1) is 26.7. The third-order valence-corrected chi connectivity index (χ3v) is 5.96. The molecule has 4 rings (SSSR count). The van der Waals surface area contributed by atoms with Crippen LogP contribution in [0.4, 0.5) is 10.5 Å². The Morgan fingerprint density at radius 1 is 1.05 bits per heavy atom. The topological polar surface area (TPSA) is 109 Å². The number of fused-ring (bicyclic) bond motifs is 1. The van der Waals surface area contributed by atoms with Gasteiger partial charge < -0.3 is 14.2 Å². The van der Waals surface area contributed by atoms with Gasteiger partial charge in [0.1, 0.15) is 17.1 Å². The van der Waals surface area contributed by atoms with Gasteiger partial charge in [0.2, 0.25) is 0 Å². The van der Waals surface area contributed by atoms with Gasteiger partial charge in [0.25, 0.3) is 5.56 Å². The van der Waals surface area contributed by atoms with E-state index in [0.717, 1.165) is 0 Å². The SMILES string of the molecule is CCn1c(=O)c(NC(=O)OC)c(-c2cccc(OCCCOC(=O)c3cccc(Cl)c3)c2)c2cccnc21. The van der Waals surface area contributed by atoms with E-state index in [9.17, 15) is 14.4 Å². The van der Waals surface area contributed by atoms with E-state index in [-0.39, 0.29) is 12.3 Å². The van der Waals surface area contributed by atoms with Gasteiger partial charge in [-0.3, -0.25) is 14.7 Å². The van der Waals surface area contributed by atoms with Gasteiger partial charge in [-0.1, -0.05) is 29.8 Å². The number of aromatic nitrogens is 2. The van der Waals surface area contributed by atoms with Gasteiger partial charge in [-0.25, -0.2) is 14.6 Å². The highest BCUT2D eigenvalue weighted by Gasteiger charge is 2.20. The Morgan fingerprint density at radius 3 is 2.63 bits per heavy atom. The average molecular weight is 536 g/mol. The van der Waals surface area contributed by atoms with Crippen LogP contribution in [0.25, 0.3) is 22.2 Å². The van der Waals surface area contributed by atoms with Crippen LogP contribution in [0.1, 0.15) is 23.7 Å². The predicted molar refractivity (Wildman–Crippen MR) is 145 cm³/mol. The number of hydrogen-bond donors (Lipinski definition) is 1. The van der Waals surface area contributed by atoms with Crippen molar-refractivity contribution in [3.8, 4) is 16.9 Å². The van der Waals surface area contributed by atoms with Gasteiger partial charge in [0.15, 0.2) is 0 Å². The molecule has 0 bridgehead atoms. The number of benzene rings is 2. The number of carbonyl (C=O) groups is 2. The van der Waals surface area contributed by atoms with Crippen molar-refractivity contribution < 1.29 is 23.8 Å². The Labute approximate surface area is 223 Å². The third-order valence-electron chi connectivity index (χ3n) is 5.72. The van der Waals surface area contributed by atoms with E-state index in [4.69, 9.17) is 25.8 Å². The minimum absolute atomic E-state index is 0.0873. The summed E-state index contributed by atoms with van der Waals surface area (Å²) in [6.45, 7) is 2.66. The number of esters is 1. The maximum Gasteiger partial charge on any atom is 0.411 e. The number of nitrogens with zero attached hydrogens (tertiary/aromatic N) is 2. The molecular weight excluding hydrogens is 510 g/mol.